The van der Waals surface area contributed by atoms with Gasteiger partial charge in [0.25, 0.3) is 0 Å². The maximum absolute atomic E-state index is 12.5. The molecule has 0 aliphatic carbocycles. The fourth-order valence-corrected chi connectivity index (χ4v) is 3.16. The average molecular weight is 387 g/mol. The van der Waals surface area contributed by atoms with E-state index in [9.17, 15) is 4.79 Å². The third kappa shape index (κ3) is 4.27. The Hall–Kier alpha value is -3.67. The van der Waals surface area contributed by atoms with Crippen molar-refractivity contribution in [1.29, 1.82) is 0 Å². The molecule has 146 valence electrons. The van der Waals surface area contributed by atoms with Gasteiger partial charge in [-0.05, 0) is 55.8 Å². The third-order valence-corrected chi connectivity index (χ3v) is 4.77. The van der Waals surface area contributed by atoms with Gasteiger partial charge < -0.3 is 14.6 Å². The molecule has 0 aliphatic heterocycles. The van der Waals surface area contributed by atoms with E-state index in [2.05, 4.69) is 15.5 Å². The van der Waals surface area contributed by atoms with Crippen LogP contribution in [0, 0.1) is 13.8 Å². The number of amides is 1. The highest BCUT2D eigenvalue weighted by atomic mass is 16.5. The Morgan fingerprint density at radius 1 is 1.07 bits per heavy atom. The van der Waals surface area contributed by atoms with Crippen molar-refractivity contribution in [2.24, 2.45) is 0 Å². The van der Waals surface area contributed by atoms with Crippen LogP contribution in [-0.2, 0) is 17.8 Å². The Morgan fingerprint density at radius 2 is 1.90 bits per heavy atom. The summed E-state index contributed by atoms with van der Waals surface area (Å²) in [6.45, 7) is 4.16. The van der Waals surface area contributed by atoms with Crippen LogP contribution < -0.4 is 10.1 Å². The van der Waals surface area contributed by atoms with Crippen molar-refractivity contribution >= 4 is 22.5 Å². The van der Waals surface area contributed by atoms with Gasteiger partial charge in [-0.2, -0.15) is 0 Å². The number of hydrogen-bond donors (Lipinski definition) is 1. The molecule has 4 rings (SSSR count). The highest BCUT2D eigenvalue weighted by molar-refractivity contribution is 6.01. The van der Waals surface area contributed by atoms with E-state index in [1.807, 2.05) is 68.4 Å². The van der Waals surface area contributed by atoms with Gasteiger partial charge in [0.2, 0.25) is 5.91 Å². The van der Waals surface area contributed by atoms with E-state index in [0.717, 1.165) is 44.9 Å². The van der Waals surface area contributed by atoms with Crippen molar-refractivity contribution in [3.63, 3.8) is 0 Å². The summed E-state index contributed by atoms with van der Waals surface area (Å²) in [4.78, 5) is 16.8. The number of aryl methyl sites for hydroxylation is 2. The molecule has 2 aromatic heterocycles. The maximum atomic E-state index is 12.5. The molecule has 0 fully saturated rings. The standard InChI is InChI=1S/C23H21N3O3/c1-15-20(16(2)29-26-15)14-28-18-10-8-17(9-11-18)13-23(27)25-22-7-3-6-21-19(22)5-4-12-24-21/h3-12H,13-14H2,1-2H3,(H,25,27). The zero-order valence-electron chi connectivity index (χ0n) is 16.3. The predicted octanol–water partition coefficient (Wildman–Crippen LogP) is 4.60. The van der Waals surface area contributed by atoms with Crippen LogP contribution in [-0.4, -0.2) is 16.0 Å². The number of benzene rings is 2. The van der Waals surface area contributed by atoms with Gasteiger partial charge in [-0.25, -0.2) is 0 Å². The first-order valence-corrected chi connectivity index (χ1v) is 9.37. The number of hydrogen-bond acceptors (Lipinski definition) is 5. The van der Waals surface area contributed by atoms with Crippen LogP contribution in [0.1, 0.15) is 22.6 Å². The van der Waals surface area contributed by atoms with E-state index in [1.54, 1.807) is 6.20 Å². The highest BCUT2D eigenvalue weighted by Crippen LogP contribution is 2.22. The molecule has 0 aliphatic rings. The first-order chi connectivity index (χ1) is 14.1. The molecule has 0 saturated heterocycles. The molecule has 0 atom stereocenters. The van der Waals surface area contributed by atoms with Crippen molar-refractivity contribution in [1.82, 2.24) is 10.1 Å². The number of pyridine rings is 1. The fourth-order valence-electron chi connectivity index (χ4n) is 3.16. The van der Waals surface area contributed by atoms with Crippen LogP contribution >= 0.6 is 0 Å². The minimum atomic E-state index is -0.0780. The van der Waals surface area contributed by atoms with E-state index >= 15 is 0 Å². The van der Waals surface area contributed by atoms with E-state index in [0.29, 0.717) is 6.61 Å². The second-order valence-corrected chi connectivity index (χ2v) is 6.84. The fraction of sp³-hybridized carbons (Fsp3) is 0.174. The summed E-state index contributed by atoms with van der Waals surface area (Å²) in [5, 5.41) is 7.82. The Bertz CT molecular complexity index is 1120. The lowest BCUT2D eigenvalue weighted by molar-refractivity contribution is -0.115. The van der Waals surface area contributed by atoms with Gasteiger partial charge in [-0.1, -0.05) is 23.4 Å². The number of nitrogens with one attached hydrogen (secondary N) is 1. The monoisotopic (exact) mass is 387 g/mol. The van der Waals surface area contributed by atoms with Crippen LogP contribution in [0.25, 0.3) is 10.9 Å². The SMILES string of the molecule is Cc1noc(C)c1COc1ccc(CC(=O)Nc2cccc3ncccc23)cc1. The Kier molecular flexibility index (Phi) is 5.24. The number of carbonyl (C=O) groups is 1. The van der Waals surface area contributed by atoms with Gasteiger partial charge in [0.05, 0.1) is 28.9 Å². The number of aromatic nitrogens is 2. The summed E-state index contributed by atoms with van der Waals surface area (Å²) in [6, 6.07) is 17.0. The molecule has 4 aromatic rings. The minimum absolute atomic E-state index is 0.0780. The predicted molar refractivity (Wildman–Crippen MR) is 111 cm³/mol. The molecule has 29 heavy (non-hydrogen) atoms. The van der Waals surface area contributed by atoms with E-state index in [-0.39, 0.29) is 12.3 Å². The van der Waals surface area contributed by atoms with E-state index < -0.39 is 0 Å². The van der Waals surface area contributed by atoms with Crippen molar-refractivity contribution in [3.8, 4) is 5.75 Å². The number of fused-ring (bicyclic) bond motifs is 1. The van der Waals surface area contributed by atoms with Gasteiger partial charge in [0, 0.05) is 11.6 Å². The van der Waals surface area contributed by atoms with Gasteiger partial charge >= 0.3 is 0 Å². The number of ether oxygens (including phenoxy) is 1. The lowest BCUT2D eigenvalue weighted by Crippen LogP contribution is -2.14. The van der Waals surface area contributed by atoms with Crippen LogP contribution in [0.2, 0.25) is 0 Å². The average Bonchev–Trinajstić information content (AvgIpc) is 3.05. The minimum Gasteiger partial charge on any atom is -0.489 e. The molecule has 0 bridgehead atoms. The normalized spacial score (nSPS) is 10.8. The summed E-state index contributed by atoms with van der Waals surface area (Å²) in [6.07, 6.45) is 2.02. The highest BCUT2D eigenvalue weighted by Gasteiger charge is 2.10. The second-order valence-electron chi connectivity index (χ2n) is 6.84. The number of nitrogens with zero attached hydrogens (tertiary/aromatic N) is 2. The summed E-state index contributed by atoms with van der Waals surface area (Å²) in [5.41, 5.74) is 4.31. The topological polar surface area (TPSA) is 77.2 Å². The van der Waals surface area contributed by atoms with Gasteiger partial charge in [0.1, 0.15) is 18.1 Å². The van der Waals surface area contributed by atoms with Crippen molar-refractivity contribution in [2.45, 2.75) is 26.9 Å². The van der Waals surface area contributed by atoms with Crippen molar-refractivity contribution in [3.05, 3.63) is 83.4 Å². The second kappa shape index (κ2) is 8.14. The maximum Gasteiger partial charge on any atom is 0.228 e. The zero-order chi connectivity index (χ0) is 20.2. The smallest absolute Gasteiger partial charge is 0.228 e. The molecular weight excluding hydrogens is 366 g/mol. The Labute approximate surface area is 168 Å². The first kappa shape index (κ1) is 18.7. The van der Waals surface area contributed by atoms with E-state index in [4.69, 9.17) is 9.26 Å². The molecule has 1 N–H and O–H groups in total. The molecule has 1 amide bonds. The molecule has 2 aromatic carbocycles. The van der Waals surface area contributed by atoms with Crippen molar-refractivity contribution in [2.75, 3.05) is 5.32 Å². The lowest BCUT2D eigenvalue weighted by Gasteiger charge is -2.09. The van der Waals surface area contributed by atoms with Crippen LogP contribution in [0.5, 0.6) is 5.75 Å². The molecule has 0 saturated carbocycles. The molecule has 2 heterocycles. The Morgan fingerprint density at radius 3 is 2.66 bits per heavy atom. The number of carbonyl (C=O) groups excluding carboxylic acids is 1. The summed E-state index contributed by atoms with van der Waals surface area (Å²) in [5.74, 6) is 1.42. The van der Waals surface area contributed by atoms with Gasteiger partial charge in [-0.3, -0.25) is 9.78 Å². The van der Waals surface area contributed by atoms with Gasteiger partial charge in [-0.15, -0.1) is 0 Å². The third-order valence-electron chi connectivity index (χ3n) is 4.77. The number of rotatable bonds is 6. The quantitative estimate of drug-likeness (QED) is 0.523. The summed E-state index contributed by atoms with van der Waals surface area (Å²) in [7, 11) is 0. The van der Waals surface area contributed by atoms with Crippen LogP contribution in [0.3, 0.4) is 0 Å². The summed E-state index contributed by atoms with van der Waals surface area (Å²) < 4.78 is 11.0. The lowest BCUT2D eigenvalue weighted by atomic mass is 10.1. The first-order valence-electron chi connectivity index (χ1n) is 9.37. The van der Waals surface area contributed by atoms with Crippen LogP contribution in [0.15, 0.2) is 65.3 Å². The molecule has 6 nitrogen and oxygen atoms in total. The van der Waals surface area contributed by atoms with E-state index in [1.165, 1.54) is 0 Å². The summed E-state index contributed by atoms with van der Waals surface area (Å²) >= 11 is 0. The zero-order valence-corrected chi connectivity index (χ0v) is 16.3. The molecule has 0 radical (unpaired) electrons. The largest absolute Gasteiger partial charge is 0.489 e. The van der Waals surface area contributed by atoms with Gasteiger partial charge in [0.15, 0.2) is 0 Å². The van der Waals surface area contributed by atoms with Crippen molar-refractivity contribution < 1.29 is 14.1 Å². The number of anilines is 1. The Balaban J connectivity index is 1.37. The molecule has 0 unspecified atom stereocenters. The molecular formula is C23H21N3O3. The molecule has 6 heteroatoms. The molecule has 0 spiro atoms. The van der Waals surface area contributed by atoms with Crippen LogP contribution in [0.4, 0.5) is 5.69 Å².